The van der Waals surface area contributed by atoms with Gasteiger partial charge in [0, 0.05) is 57.4 Å². The molecule has 1 amide bonds. The molecule has 0 spiro atoms. The van der Waals surface area contributed by atoms with Gasteiger partial charge < -0.3 is 14.5 Å². The van der Waals surface area contributed by atoms with Crippen LogP contribution in [0.25, 0.3) is 0 Å². The minimum Gasteiger partial charge on any atom is -0.492 e. The molecule has 0 aliphatic carbocycles. The monoisotopic (exact) mass is 424 g/mol. The average molecular weight is 425 g/mol. The molecule has 0 saturated carbocycles. The maximum absolute atomic E-state index is 13.0. The molecule has 2 heterocycles. The van der Waals surface area contributed by atoms with Crippen molar-refractivity contribution in [3.63, 3.8) is 0 Å². The lowest BCUT2D eigenvalue weighted by Crippen LogP contribution is -2.49. The summed E-state index contributed by atoms with van der Waals surface area (Å²) >= 11 is 0. The third kappa shape index (κ3) is 5.14. The fourth-order valence-corrected chi connectivity index (χ4v) is 4.19. The Kier molecular flexibility index (Phi) is 6.66. The van der Waals surface area contributed by atoms with Gasteiger partial charge >= 0.3 is 0 Å². The highest BCUT2D eigenvalue weighted by atomic mass is 16.6. The Hall–Kier alpha value is -3.13. The van der Waals surface area contributed by atoms with Gasteiger partial charge in [0.2, 0.25) is 0 Å². The van der Waals surface area contributed by atoms with Crippen LogP contribution in [0.5, 0.6) is 5.75 Å². The number of piperazine rings is 1. The van der Waals surface area contributed by atoms with Crippen molar-refractivity contribution in [1.29, 1.82) is 0 Å². The van der Waals surface area contributed by atoms with E-state index in [0.29, 0.717) is 30.9 Å². The Bertz CT molecular complexity index is 907. The van der Waals surface area contributed by atoms with Crippen LogP contribution in [-0.2, 0) is 0 Å². The Morgan fingerprint density at radius 2 is 1.68 bits per heavy atom. The summed E-state index contributed by atoms with van der Waals surface area (Å²) in [6.45, 7) is 5.77. The second kappa shape index (κ2) is 9.78. The maximum atomic E-state index is 13.0. The van der Waals surface area contributed by atoms with E-state index in [1.807, 2.05) is 35.2 Å². The van der Waals surface area contributed by atoms with Gasteiger partial charge in [0.05, 0.1) is 4.92 Å². The topological polar surface area (TPSA) is 79.2 Å². The number of nitro groups is 1. The van der Waals surface area contributed by atoms with Crippen LogP contribution in [0.15, 0.2) is 48.5 Å². The van der Waals surface area contributed by atoms with Crippen molar-refractivity contribution >= 4 is 17.3 Å². The fraction of sp³-hybridized carbons (Fsp3) is 0.435. The van der Waals surface area contributed by atoms with E-state index in [2.05, 4.69) is 4.90 Å². The molecule has 2 saturated heterocycles. The number of hydrogen-bond donors (Lipinski definition) is 0. The molecule has 2 aliphatic rings. The van der Waals surface area contributed by atoms with E-state index in [-0.39, 0.29) is 16.5 Å². The minimum absolute atomic E-state index is 0.0180. The van der Waals surface area contributed by atoms with E-state index >= 15 is 0 Å². The first-order chi connectivity index (χ1) is 15.1. The number of nitrogens with zero attached hydrogens (tertiary/aromatic N) is 4. The molecule has 0 atom stereocenters. The number of hydrogen-bond acceptors (Lipinski definition) is 6. The molecule has 8 nitrogen and oxygen atoms in total. The highest BCUT2D eigenvalue weighted by molar-refractivity contribution is 5.96. The van der Waals surface area contributed by atoms with Gasteiger partial charge in [0.1, 0.15) is 18.0 Å². The smallest absolute Gasteiger partial charge is 0.293 e. The lowest BCUT2D eigenvalue weighted by atomic mass is 10.1. The zero-order valence-corrected chi connectivity index (χ0v) is 17.6. The number of ether oxygens (including phenoxy) is 1. The van der Waals surface area contributed by atoms with Crippen molar-refractivity contribution in [3.8, 4) is 5.75 Å². The van der Waals surface area contributed by atoms with Crippen molar-refractivity contribution in [2.75, 3.05) is 57.3 Å². The van der Waals surface area contributed by atoms with Gasteiger partial charge in [-0.05, 0) is 37.1 Å². The number of carbonyl (C=O) groups excluding carboxylic acids is 1. The zero-order chi connectivity index (χ0) is 21.6. The Balaban J connectivity index is 1.32. The molecule has 2 aromatic rings. The van der Waals surface area contributed by atoms with Crippen molar-refractivity contribution in [3.05, 3.63) is 64.2 Å². The molecule has 0 radical (unpaired) electrons. The quantitative estimate of drug-likeness (QED) is 0.502. The summed E-state index contributed by atoms with van der Waals surface area (Å²) in [5.41, 5.74) is 1.02. The zero-order valence-electron chi connectivity index (χ0n) is 17.6. The summed E-state index contributed by atoms with van der Waals surface area (Å²) in [4.78, 5) is 30.3. The summed E-state index contributed by atoms with van der Waals surface area (Å²) in [5, 5.41) is 11.6. The van der Waals surface area contributed by atoms with Crippen LogP contribution < -0.4 is 9.64 Å². The minimum atomic E-state index is -0.380. The second-order valence-electron chi connectivity index (χ2n) is 7.95. The van der Waals surface area contributed by atoms with Crippen molar-refractivity contribution in [2.45, 2.75) is 12.8 Å². The highest BCUT2D eigenvalue weighted by Gasteiger charge is 2.27. The lowest BCUT2D eigenvalue weighted by molar-refractivity contribution is -0.384. The fourth-order valence-electron chi connectivity index (χ4n) is 4.19. The van der Waals surface area contributed by atoms with Crippen LogP contribution in [0.2, 0.25) is 0 Å². The molecule has 2 fully saturated rings. The number of anilines is 1. The Morgan fingerprint density at radius 3 is 2.35 bits per heavy atom. The molecule has 31 heavy (non-hydrogen) atoms. The number of para-hydroxylation sites is 1. The van der Waals surface area contributed by atoms with E-state index in [1.54, 1.807) is 17.0 Å². The molecule has 164 valence electrons. The van der Waals surface area contributed by atoms with E-state index in [0.717, 1.165) is 51.3 Å². The van der Waals surface area contributed by atoms with Crippen molar-refractivity contribution in [1.82, 2.24) is 9.80 Å². The highest BCUT2D eigenvalue weighted by Crippen LogP contribution is 2.32. The van der Waals surface area contributed by atoms with Crippen LogP contribution in [0, 0.1) is 10.1 Å². The molecule has 4 rings (SSSR count). The summed E-state index contributed by atoms with van der Waals surface area (Å²) < 4.78 is 5.75. The van der Waals surface area contributed by atoms with Gasteiger partial charge in [0.15, 0.2) is 0 Å². The molecular weight excluding hydrogens is 396 g/mol. The first-order valence-electron chi connectivity index (χ1n) is 10.8. The average Bonchev–Trinajstić information content (AvgIpc) is 3.34. The van der Waals surface area contributed by atoms with Gasteiger partial charge in [-0.1, -0.05) is 18.2 Å². The number of nitro benzene ring substituents is 1. The van der Waals surface area contributed by atoms with Crippen LogP contribution >= 0.6 is 0 Å². The molecule has 0 aromatic heterocycles. The summed E-state index contributed by atoms with van der Waals surface area (Å²) in [7, 11) is 0. The molecule has 0 N–H and O–H groups in total. The van der Waals surface area contributed by atoms with Gasteiger partial charge in [-0.25, -0.2) is 0 Å². The lowest BCUT2D eigenvalue weighted by Gasteiger charge is -2.34. The van der Waals surface area contributed by atoms with E-state index in [1.165, 1.54) is 6.07 Å². The maximum Gasteiger partial charge on any atom is 0.293 e. The standard InChI is InChI=1S/C23H28N4O4/c28-23(19-8-9-21(22(18-19)27(29)30)25-10-4-5-11-25)26-14-12-24(13-15-26)16-17-31-20-6-2-1-3-7-20/h1-3,6-9,18H,4-5,10-17H2. The molecular formula is C23H28N4O4. The van der Waals surface area contributed by atoms with Gasteiger partial charge in [-0.3, -0.25) is 19.8 Å². The first-order valence-corrected chi connectivity index (χ1v) is 10.8. The Morgan fingerprint density at radius 1 is 0.968 bits per heavy atom. The van der Waals surface area contributed by atoms with E-state index in [4.69, 9.17) is 4.74 Å². The normalized spacial score (nSPS) is 17.0. The van der Waals surface area contributed by atoms with Gasteiger partial charge in [-0.15, -0.1) is 0 Å². The van der Waals surface area contributed by atoms with Crippen molar-refractivity contribution < 1.29 is 14.5 Å². The van der Waals surface area contributed by atoms with Crippen molar-refractivity contribution in [2.24, 2.45) is 0 Å². The number of rotatable bonds is 7. The molecule has 0 unspecified atom stereocenters. The largest absolute Gasteiger partial charge is 0.492 e. The second-order valence-corrected chi connectivity index (χ2v) is 7.95. The summed E-state index contributed by atoms with van der Waals surface area (Å²) in [6.07, 6.45) is 2.08. The van der Waals surface area contributed by atoms with Crippen LogP contribution in [0.1, 0.15) is 23.2 Å². The third-order valence-electron chi connectivity index (χ3n) is 5.94. The van der Waals surface area contributed by atoms with Crippen LogP contribution in [0.4, 0.5) is 11.4 Å². The predicted molar refractivity (Wildman–Crippen MR) is 119 cm³/mol. The first kappa shape index (κ1) is 21.1. The van der Waals surface area contributed by atoms with Crippen LogP contribution in [0.3, 0.4) is 0 Å². The number of carbonyl (C=O) groups is 1. The van der Waals surface area contributed by atoms with Gasteiger partial charge in [0.25, 0.3) is 11.6 Å². The van der Waals surface area contributed by atoms with Crippen LogP contribution in [-0.4, -0.2) is 73.1 Å². The molecule has 2 aliphatic heterocycles. The number of amides is 1. The van der Waals surface area contributed by atoms with Gasteiger partial charge in [-0.2, -0.15) is 0 Å². The predicted octanol–water partition coefficient (Wildman–Crippen LogP) is 3.03. The molecule has 0 bridgehead atoms. The summed E-state index contributed by atoms with van der Waals surface area (Å²) in [5.74, 6) is 0.714. The SMILES string of the molecule is O=C(c1ccc(N2CCCC2)c([N+](=O)[O-])c1)N1CCN(CCOc2ccccc2)CC1. The van der Waals surface area contributed by atoms with E-state index < -0.39 is 0 Å². The van der Waals surface area contributed by atoms with E-state index in [9.17, 15) is 14.9 Å². The molecule has 8 heteroatoms. The third-order valence-corrected chi connectivity index (χ3v) is 5.94. The summed E-state index contributed by atoms with van der Waals surface area (Å²) in [6, 6.07) is 14.6. The Labute approximate surface area is 182 Å². The molecule has 2 aromatic carbocycles. The number of benzene rings is 2.